The van der Waals surface area contributed by atoms with Crippen LogP contribution in [-0.2, 0) is 4.79 Å². The van der Waals surface area contributed by atoms with E-state index in [1.165, 1.54) is 0 Å². The van der Waals surface area contributed by atoms with Crippen LogP contribution in [0.15, 0.2) is 18.2 Å². The quantitative estimate of drug-likeness (QED) is 0.564. The van der Waals surface area contributed by atoms with Crippen LogP contribution in [0.2, 0.25) is 0 Å². The molecule has 4 heteroatoms. The molecule has 1 aromatic rings. The van der Waals surface area contributed by atoms with Gasteiger partial charge in [0.2, 0.25) is 0 Å². The van der Waals surface area contributed by atoms with Crippen molar-refractivity contribution in [2.24, 2.45) is 5.92 Å². The van der Waals surface area contributed by atoms with E-state index < -0.39 is 21.9 Å². The zero-order valence-corrected chi connectivity index (χ0v) is 10.4. The Hall–Kier alpha value is -1.08. The predicted octanol–water partition coefficient (Wildman–Crippen LogP) is -0.198. The summed E-state index contributed by atoms with van der Waals surface area (Å²) >= 11 is -0.650. The van der Waals surface area contributed by atoms with Crippen LogP contribution in [0.4, 0.5) is 0 Å². The van der Waals surface area contributed by atoms with Crippen molar-refractivity contribution in [3.8, 4) is 0 Å². The van der Waals surface area contributed by atoms with E-state index in [-0.39, 0.29) is 11.7 Å². The molecule has 0 saturated heterocycles. The number of Topliss-reactive ketones (excluding diaryl/α,β-unsaturated/α-hetero) is 1. The van der Waals surface area contributed by atoms with Crippen molar-refractivity contribution in [2.75, 3.05) is 0 Å². The van der Waals surface area contributed by atoms with E-state index in [4.69, 9.17) is 0 Å². The van der Waals surface area contributed by atoms with Crippen LogP contribution in [0.25, 0.3) is 0 Å². The van der Waals surface area contributed by atoms with E-state index in [1.54, 1.807) is 6.07 Å². The number of amides is 1. The number of hydrogen-bond acceptors (Lipinski definition) is 2. The molecule has 0 saturated carbocycles. The first-order valence-corrected chi connectivity index (χ1v) is 6.93. The topological polar surface area (TPSA) is 46.2 Å². The second-order valence-electron chi connectivity index (χ2n) is 3.45. The second kappa shape index (κ2) is 4.19. The number of hydrogen-bond donors (Lipinski definition) is 1. The van der Waals surface area contributed by atoms with Crippen molar-refractivity contribution in [1.29, 1.82) is 0 Å². The van der Waals surface area contributed by atoms with Gasteiger partial charge in [0.25, 0.3) is 0 Å². The van der Waals surface area contributed by atoms with Gasteiger partial charge >= 0.3 is 94.9 Å². The molecule has 2 bridgehead atoms. The number of nitrogens with one attached hydrogen (secondary N) is 1. The SMILES string of the molecule is CCC1C(=O)N[AsH]c2c[c]cc(c2)C1=O. The van der Waals surface area contributed by atoms with Gasteiger partial charge in [-0.3, -0.25) is 0 Å². The van der Waals surface area contributed by atoms with Gasteiger partial charge in [-0.15, -0.1) is 0 Å². The van der Waals surface area contributed by atoms with Crippen molar-refractivity contribution in [1.82, 2.24) is 4.23 Å². The first kappa shape index (κ1) is 10.4. The normalized spacial score (nSPS) is 22.1. The summed E-state index contributed by atoms with van der Waals surface area (Å²) in [6.07, 6.45) is 0.557. The molecule has 0 spiro atoms. The molecule has 0 aliphatic carbocycles. The molecule has 1 radical (unpaired) electrons. The van der Waals surface area contributed by atoms with Crippen molar-refractivity contribution in [2.45, 2.75) is 13.3 Å². The Morgan fingerprint density at radius 2 is 2.27 bits per heavy atom. The van der Waals surface area contributed by atoms with E-state index in [1.807, 2.05) is 19.1 Å². The second-order valence-corrected chi connectivity index (χ2v) is 5.71. The molecule has 0 aromatic heterocycles. The minimum absolute atomic E-state index is 0.0839. The third-order valence-corrected chi connectivity index (χ3v) is 4.44. The molecular formula is C11H11AsNO2. The first-order valence-electron chi connectivity index (χ1n) is 4.83. The van der Waals surface area contributed by atoms with E-state index >= 15 is 0 Å². The van der Waals surface area contributed by atoms with E-state index in [9.17, 15) is 9.59 Å². The van der Waals surface area contributed by atoms with Gasteiger partial charge in [-0.25, -0.2) is 0 Å². The van der Waals surface area contributed by atoms with E-state index in [0.29, 0.717) is 12.0 Å². The molecule has 2 unspecified atom stereocenters. The number of fused-ring (bicyclic) bond motifs is 2. The molecule has 1 heterocycles. The fourth-order valence-electron chi connectivity index (χ4n) is 1.60. The number of ketones is 1. The van der Waals surface area contributed by atoms with Gasteiger partial charge in [-0.2, -0.15) is 0 Å². The Morgan fingerprint density at radius 3 is 3.00 bits per heavy atom. The van der Waals surface area contributed by atoms with E-state index in [0.717, 1.165) is 4.35 Å². The fraction of sp³-hybridized carbons (Fsp3) is 0.273. The number of carbonyl (C=O) groups excluding carboxylic acids is 2. The molecule has 3 nitrogen and oxygen atoms in total. The van der Waals surface area contributed by atoms with Crippen molar-refractivity contribution in [3.63, 3.8) is 0 Å². The molecule has 2 rings (SSSR count). The minimum atomic E-state index is -0.650. The summed E-state index contributed by atoms with van der Waals surface area (Å²) in [4.78, 5) is 23.6. The third kappa shape index (κ3) is 1.98. The van der Waals surface area contributed by atoms with Crippen LogP contribution >= 0.6 is 0 Å². The van der Waals surface area contributed by atoms with Crippen molar-refractivity contribution >= 4 is 32.0 Å². The maximum atomic E-state index is 11.9. The Morgan fingerprint density at radius 1 is 1.47 bits per heavy atom. The molecule has 1 aliphatic heterocycles. The molecule has 1 aromatic carbocycles. The van der Waals surface area contributed by atoms with Gasteiger partial charge in [-0.1, -0.05) is 0 Å². The van der Waals surface area contributed by atoms with E-state index in [2.05, 4.69) is 10.3 Å². The number of benzene rings is 1. The Balaban J connectivity index is 2.44. The Labute approximate surface area is 95.2 Å². The monoisotopic (exact) mass is 264 g/mol. The van der Waals surface area contributed by atoms with Crippen LogP contribution < -0.4 is 8.58 Å². The maximum absolute atomic E-state index is 11.9. The van der Waals surface area contributed by atoms with Gasteiger partial charge in [0.15, 0.2) is 0 Å². The van der Waals surface area contributed by atoms with Gasteiger partial charge in [-0.05, 0) is 0 Å². The summed E-state index contributed by atoms with van der Waals surface area (Å²) in [7, 11) is 0. The number of carbonyl (C=O) groups is 2. The molecule has 2 atom stereocenters. The summed E-state index contributed by atoms with van der Waals surface area (Å²) in [6, 6.07) is 8.33. The molecule has 1 aliphatic rings. The summed E-state index contributed by atoms with van der Waals surface area (Å²) in [6.45, 7) is 1.86. The average molecular weight is 264 g/mol. The molecule has 1 N–H and O–H groups in total. The molecule has 15 heavy (non-hydrogen) atoms. The van der Waals surface area contributed by atoms with Gasteiger partial charge in [0.05, 0.1) is 0 Å². The van der Waals surface area contributed by atoms with Crippen LogP contribution in [0.3, 0.4) is 0 Å². The summed E-state index contributed by atoms with van der Waals surface area (Å²) < 4.78 is 3.92. The predicted molar refractivity (Wildman–Crippen MR) is 58.3 cm³/mol. The number of rotatable bonds is 1. The molecular weight excluding hydrogens is 253 g/mol. The molecule has 77 valence electrons. The van der Waals surface area contributed by atoms with Crippen LogP contribution in [0.5, 0.6) is 0 Å². The summed E-state index contributed by atoms with van der Waals surface area (Å²) in [5.41, 5.74) is 0.623. The van der Waals surface area contributed by atoms with Gasteiger partial charge in [0.1, 0.15) is 0 Å². The zero-order chi connectivity index (χ0) is 10.8. The summed E-state index contributed by atoms with van der Waals surface area (Å²) in [5.74, 6) is -0.716. The van der Waals surface area contributed by atoms with Gasteiger partial charge < -0.3 is 0 Å². The Kier molecular flexibility index (Phi) is 2.92. The first-order chi connectivity index (χ1) is 7.22. The fourth-order valence-corrected chi connectivity index (χ4v) is 3.33. The van der Waals surface area contributed by atoms with Crippen LogP contribution in [-0.4, -0.2) is 27.7 Å². The third-order valence-electron chi connectivity index (χ3n) is 2.44. The van der Waals surface area contributed by atoms with Crippen LogP contribution in [0, 0.1) is 12.0 Å². The molecule has 0 fully saturated rings. The van der Waals surface area contributed by atoms with Crippen molar-refractivity contribution in [3.05, 3.63) is 29.8 Å². The van der Waals surface area contributed by atoms with Gasteiger partial charge in [0, 0.05) is 0 Å². The Bertz CT molecular complexity index is 417. The van der Waals surface area contributed by atoms with Crippen LogP contribution in [0.1, 0.15) is 23.7 Å². The van der Waals surface area contributed by atoms with Crippen molar-refractivity contribution < 1.29 is 9.59 Å². The zero-order valence-electron chi connectivity index (χ0n) is 8.33. The summed E-state index contributed by atoms with van der Waals surface area (Å²) in [5, 5.41) is 0. The molecule has 1 amide bonds. The standard InChI is InChI=1S/C11H11AsNO2/c1-2-9-10(14)7-4-3-5-8(6-7)12-13-11(9)15/h4-6,9,12H,2H2,1H3,(H,13,15). The average Bonchev–Trinajstić information content (AvgIpc) is 2.26.